The van der Waals surface area contributed by atoms with Gasteiger partial charge in [0.15, 0.2) is 0 Å². The van der Waals surface area contributed by atoms with Crippen LogP contribution >= 0.6 is 0 Å². The molecule has 4 rings (SSSR count). The summed E-state index contributed by atoms with van der Waals surface area (Å²) in [5.41, 5.74) is 2.00. The van der Waals surface area contributed by atoms with Crippen LogP contribution in [0.3, 0.4) is 0 Å². The lowest BCUT2D eigenvalue weighted by Gasteiger charge is -2.38. The summed E-state index contributed by atoms with van der Waals surface area (Å²) in [6, 6.07) is 14.7. The molecule has 2 atom stereocenters. The Labute approximate surface area is 118 Å². The number of nitrogens with one attached hydrogen (secondary N) is 1. The zero-order valence-electron chi connectivity index (χ0n) is 11.2. The van der Waals surface area contributed by atoms with Crippen LogP contribution in [0.5, 0.6) is 0 Å². The summed E-state index contributed by atoms with van der Waals surface area (Å²) in [5, 5.41) is 3.42. The Kier molecular flexibility index (Phi) is 2.63. The zero-order valence-corrected chi connectivity index (χ0v) is 11.2. The van der Waals surface area contributed by atoms with Crippen LogP contribution in [0, 0.1) is 0 Å². The molecule has 2 aliphatic rings. The molecule has 0 radical (unpaired) electrons. The Hall–Kier alpha value is -2.07. The number of hydrogen-bond acceptors (Lipinski definition) is 2. The van der Waals surface area contributed by atoms with Crippen LogP contribution in [0.1, 0.15) is 22.1 Å². The number of carbonyl (C=O) groups is 1. The second kappa shape index (κ2) is 4.49. The number of carbonyl (C=O) groups excluding carboxylic acids is 1. The van der Waals surface area contributed by atoms with Gasteiger partial charge in [-0.3, -0.25) is 4.79 Å². The lowest BCUT2D eigenvalue weighted by atomic mass is 10.0. The molecule has 0 bridgehead atoms. The lowest BCUT2D eigenvalue weighted by Crippen LogP contribution is -2.49. The lowest BCUT2D eigenvalue weighted by molar-refractivity contribution is 0.0561. The molecule has 102 valence electrons. The molecule has 2 aliphatic heterocycles. The van der Waals surface area contributed by atoms with Crippen molar-refractivity contribution in [2.45, 2.75) is 18.6 Å². The topological polar surface area (TPSA) is 37.3 Å². The number of amides is 1. The van der Waals surface area contributed by atoms with Gasteiger partial charge >= 0.3 is 0 Å². The molecule has 1 N–H and O–H groups in total. The van der Waals surface area contributed by atoms with E-state index in [1.807, 2.05) is 41.4 Å². The number of hydrogen-bond donors (Lipinski definition) is 1. The van der Waals surface area contributed by atoms with Gasteiger partial charge in [0.1, 0.15) is 5.69 Å². The fourth-order valence-electron chi connectivity index (χ4n) is 3.38. The van der Waals surface area contributed by atoms with Crippen LogP contribution < -0.4 is 5.32 Å². The Bertz CT molecular complexity index is 634. The summed E-state index contributed by atoms with van der Waals surface area (Å²) in [5.74, 6) is 0.142. The van der Waals surface area contributed by atoms with Crippen molar-refractivity contribution >= 4 is 5.91 Å². The molecule has 1 saturated heterocycles. The monoisotopic (exact) mass is 267 g/mol. The Morgan fingerprint density at radius 3 is 2.70 bits per heavy atom. The van der Waals surface area contributed by atoms with Crippen molar-refractivity contribution in [1.29, 1.82) is 0 Å². The molecule has 0 unspecified atom stereocenters. The maximum Gasteiger partial charge on any atom is 0.271 e. The minimum atomic E-state index is 0.142. The van der Waals surface area contributed by atoms with E-state index in [1.165, 1.54) is 5.56 Å². The molecule has 0 aliphatic carbocycles. The van der Waals surface area contributed by atoms with Crippen molar-refractivity contribution in [2.24, 2.45) is 0 Å². The highest BCUT2D eigenvalue weighted by Crippen LogP contribution is 2.31. The number of nitrogens with zero attached hydrogens (tertiary/aromatic N) is 2. The summed E-state index contributed by atoms with van der Waals surface area (Å²) in [6.45, 7) is 2.50. The largest absolute Gasteiger partial charge is 0.337 e. The SMILES string of the molecule is O=C1c2cccn2[C@@H]2CNC[C@@H]2N1Cc1ccccc1. The smallest absolute Gasteiger partial charge is 0.271 e. The second-order valence-electron chi connectivity index (χ2n) is 5.51. The van der Waals surface area contributed by atoms with Gasteiger partial charge in [0.25, 0.3) is 5.91 Å². The molecule has 4 nitrogen and oxygen atoms in total. The number of aromatic nitrogens is 1. The minimum absolute atomic E-state index is 0.142. The minimum Gasteiger partial charge on any atom is -0.337 e. The van der Waals surface area contributed by atoms with E-state index in [2.05, 4.69) is 22.0 Å². The van der Waals surface area contributed by atoms with Crippen molar-refractivity contribution in [3.63, 3.8) is 0 Å². The standard InChI is InChI=1S/C16H17N3O/c20-16-13-7-4-8-18(13)14-9-17-10-15(14)19(16)11-12-5-2-1-3-6-12/h1-8,14-15,17H,9-11H2/t14-,15+/m1/s1. The van der Waals surface area contributed by atoms with Crippen LogP contribution in [-0.4, -0.2) is 34.5 Å². The summed E-state index contributed by atoms with van der Waals surface area (Å²) in [4.78, 5) is 14.7. The van der Waals surface area contributed by atoms with E-state index >= 15 is 0 Å². The molecule has 1 fully saturated rings. The van der Waals surface area contributed by atoms with E-state index in [-0.39, 0.29) is 11.9 Å². The first-order chi connectivity index (χ1) is 9.84. The molecule has 3 heterocycles. The van der Waals surface area contributed by atoms with E-state index in [0.29, 0.717) is 12.6 Å². The van der Waals surface area contributed by atoms with Crippen molar-refractivity contribution in [1.82, 2.24) is 14.8 Å². The van der Waals surface area contributed by atoms with Crippen LogP contribution in [-0.2, 0) is 6.54 Å². The molecular weight excluding hydrogens is 250 g/mol. The van der Waals surface area contributed by atoms with Gasteiger partial charge in [0, 0.05) is 25.8 Å². The first-order valence-electron chi connectivity index (χ1n) is 7.07. The van der Waals surface area contributed by atoms with Gasteiger partial charge in [-0.25, -0.2) is 0 Å². The van der Waals surface area contributed by atoms with Gasteiger partial charge in [0.2, 0.25) is 0 Å². The van der Waals surface area contributed by atoms with E-state index < -0.39 is 0 Å². The summed E-state index contributed by atoms with van der Waals surface area (Å²) in [7, 11) is 0. The molecule has 0 spiro atoms. The van der Waals surface area contributed by atoms with E-state index in [0.717, 1.165) is 18.8 Å². The van der Waals surface area contributed by atoms with Gasteiger partial charge in [0.05, 0.1) is 12.1 Å². The molecule has 4 heteroatoms. The van der Waals surface area contributed by atoms with E-state index in [1.54, 1.807) is 0 Å². The zero-order chi connectivity index (χ0) is 13.5. The Morgan fingerprint density at radius 1 is 1.05 bits per heavy atom. The van der Waals surface area contributed by atoms with Crippen LogP contribution in [0.2, 0.25) is 0 Å². The summed E-state index contributed by atoms with van der Waals surface area (Å²) >= 11 is 0. The summed E-state index contributed by atoms with van der Waals surface area (Å²) in [6.07, 6.45) is 2.03. The highest BCUT2D eigenvalue weighted by molar-refractivity contribution is 5.94. The third kappa shape index (κ3) is 1.68. The maximum absolute atomic E-state index is 12.7. The average molecular weight is 267 g/mol. The van der Waals surface area contributed by atoms with Crippen molar-refractivity contribution < 1.29 is 4.79 Å². The van der Waals surface area contributed by atoms with Gasteiger partial charge in [-0.05, 0) is 17.7 Å². The Morgan fingerprint density at radius 2 is 1.85 bits per heavy atom. The van der Waals surface area contributed by atoms with E-state index in [4.69, 9.17) is 0 Å². The predicted molar refractivity (Wildman–Crippen MR) is 76.4 cm³/mol. The molecule has 1 aromatic carbocycles. The average Bonchev–Trinajstić information content (AvgIpc) is 3.12. The molecule has 20 heavy (non-hydrogen) atoms. The first kappa shape index (κ1) is 11.7. The third-order valence-corrected chi connectivity index (χ3v) is 4.36. The number of rotatable bonds is 2. The first-order valence-corrected chi connectivity index (χ1v) is 7.07. The highest BCUT2D eigenvalue weighted by Gasteiger charge is 2.41. The quantitative estimate of drug-likeness (QED) is 0.898. The predicted octanol–water partition coefficient (Wildman–Crippen LogP) is 1.66. The normalized spacial score (nSPS) is 24.6. The highest BCUT2D eigenvalue weighted by atomic mass is 16.2. The fraction of sp³-hybridized carbons (Fsp3) is 0.312. The molecule has 0 saturated carbocycles. The Balaban J connectivity index is 1.71. The molecule has 1 aromatic heterocycles. The van der Waals surface area contributed by atoms with Gasteiger partial charge in [-0.1, -0.05) is 30.3 Å². The third-order valence-electron chi connectivity index (χ3n) is 4.36. The maximum atomic E-state index is 12.7. The van der Waals surface area contributed by atoms with Gasteiger partial charge in [-0.15, -0.1) is 0 Å². The summed E-state index contributed by atoms with van der Waals surface area (Å²) < 4.78 is 2.13. The number of benzene rings is 1. The fourth-order valence-corrected chi connectivity index (χ4v) is 3.38. The van der Waals surface area contributed by atoms with Crippen molar-refractivity contribution in [3.05, 3.63) is 59.9 Å². The van der Waals surface area contributed by atoms with Crippen molar-refractivity contribution in [2.75, 3.05) is 13.1 Å². The molecule has 1 amide bonds. The van der Waals surface area contributed by atoms with Crippen LogP contribution in [0.25, 0.3) is 0 Å². The van der Waals surface area contributed by atoms with Gasteiger partial charge in [-0.2, -0.15) is 0 Å². The van der Waals surface area contributed by atoms with Crippen molar-refractivity contribution in [3.8, 4) is 0 Å². The van der Waals surface area contributed by atoms with Gasteiger partial charge < -0.3 is 14.8 Å². The molecular formula is C16H17N3O. The second-order valence-corrected chi connectivity index (χ2v) is 5.51. The van der Waals surface area contributed by atoms with E-state index in [9.17, 15) is 4.79 Å². The number of fused-ring (bicyclic) bond motifs is 3. The van der Waals surface area contributed by atoms with Crippen LogP contribution in [0.4, 0.5) is 0 Å². The van der Waals surface area contributed by atoms with Crippen LogP contribution in [0.15, 0.2) is 48.7 Å². The molecule has 2 aromatic rings.